The van der Waals surface area contributed by atoms with Crippen molar-refractivity contribution >= 4 is 5.97 Å². The minimum atomic E-state index is -4.57. The lowest BCUT2D eigenvalue weighted by atomic mass is 9.93. The molecule has 0 spiro atoms. The molecule has 0 saturated heterocycles. The molecule has 0 aromatic heterocycles. The number of esters is 1. The molecule has 0 aromatic rings. The van der Waals surface area contributed by atoms with Crippen LogP contribution in [0.2, 0.25) is 0 Å². The molecule has 0 rings (SSSR count). The summed E-state index contributed by atoms with van der Waals surface area (Å²) < 4.78 is 42.8. The summed E-state index contributed by atoms with van der Waals surface area (Å²) in [6.45, 7) is 3.77. The van der Waals surface area contributed by atoms with Crippen LogP contribution in [0.25, 0.3) is 0 Å². The van der Waals surface area contributed by atoms with E-state index in [1.54, 1.807) is 6.92 Å². The lowest BCUT2D eigenvalue weighted by Crippen LogP contribution is -2.47. The van der Waals surface area contributed by atoms with Crippen LogP contribution in [0.5, 0.6) is 0 Å². The maximum atomic E-state index is 12.7. The lowest BCUT2D eigenvalue weighted by Gasteiger charge is -2.24. The summed E-state index contributed by atoms with van der Waals surface area (Å²) >= 11 is 0. The highest BCUT2D eigenvalue weighted by molar-refractivity contribution is 5.73. The first kappa shape index (κ1) is 20.2. The number of nitrogens with two attached hydrogens (primary N) is 1. The second-order valence-corrected chi connectivity index (χ2v) is 5.34. The van der Waals surface area contributed by atoms with Gasteiger partial charge in [-0.05, 0) is 13.3 Å². The van der Waals surface area contributed by atoms with Crippen molar-refractivity contribution in [2.45, 2.75) is 77.4 Å². The van der Waals surface area contributed by atoms with E-state index >= 15 is 0 Å². The third-order valence-electron chi connectivity index (χ3n) is 3.52. The number of alkyl halides is 3. The van der Waals surface area contributed by atoms with Crippen LogP contribution < -0.4 is 5.73 Å². The minimum Gasteiger partial charge on any atom is -0.466 e. The molecule has 0 bridgehead atoms. The Morgan fingerprint density at radius 1 is 1.05 bits per heavy atom. The van der Waals surface area contributed by atoms with Gasteiger partial charge in [0.15, 0.2) is 0 Å². The fourth-order valence-electron chi connectivity index (χ4n) is 2.24. The van der Waals surface area contributed by atoms with Crippen LogP contribution in [-0.2, 0) is 9.53 Å². The molecule has 0 radical (unpaired) electrons. The van der Waals surface area contributed by atoms with E-state index in [2.05, 4.69) is 6.92 Å². The van der Waals surface area contributed by atoms with Gasteiger partial charge in [0.05, 0.1) is 12.5 Å². The summed E-state index contributed by atoms with van der Waals surface area (Å²) in [7, 11) is 0. The van der Waals surface area contributed by atoms with Gasteiger partial charge in [0.2, 0.25) is 0 Å². The van der Waals surface area contributed by atoms with Gasteiger partial charge < -0.3 is 10.5 Å². The molecule has 0 aliphatic heterocycles. The topological polar surface area (TPSA) is 52.3 Å². The second kappa shape index (κ2) is 10.9. The molecule has 2 atom stereocenters. The first-order valence-electron chi connectivity index (χ1n) is 7.83. The molecule has 3 nitrogen and oxygen atoms in total. The Bertz CT molecular complexity index is 283. The summed E-state index contributed by atoms with van der Waals surface area (Å²) in [5, 5.41) is 0. The number of hydrogen-bond acceptors (Lipinski definition) is 3. The quantitative estimate of drug-likeness (QED) is 0.459. The number of unbranched alkanes of at least 4 members (excludes halogenated alkanes) is 6. The molecule has 0 aromatic carbocycles. The third kappa shape index (κ3) is 8.96. The molecule has 0 amide bonds. The van der Waals surface area contributed by atoms with Gasteiger partial charge >= 0.3 is 12.1 Å². The molecule has 126 valence electrons. The monoisotopic (exact) mass is 311 g/mol. The largest absolute Gasteiger partial charge is 0.466 e. The van der Waals surface area contributed by atoms with E-state index in [-0.39, 0.29) is 13.0 Å². The van der Waals surface area contributed by atoms with Gasteiger partial charge in [0.1, 0.15) is 6.04 Å². The Hall–Kier alpha value is -0.780. The van der Waals surface area contributed by atoms with Crippen LogP contribution in [0.1, 0.15) is 65.2 Å². The molecule has 2 N–H and O–H groups in total. The van der Waals surface area contributed by atoms with Crippen molar-refractivity contribution < 1.29 is 22.7 Å². The Kier molecular flexibility index (Phi) is 10.5. The highest BCUT2D eigenvalue weighted by Crippen LogP contribution is 2.28. The molecule has 0 unspecified atom stereocenters. The second-order valence-electron chi connectivity index (χ2n) is 5.34. The number of halogens is 3. The standard InChI is InChI=1S/C15H28F3NO2/c1-3-5-6-7-8-9-10-11-12(14(20)21-4-2)13(19)15(16,17)18/h12-13H,3-11,19H2,1-2H3/t12-,13-/m0/s1. The van der Waals surface area contributed by atoms with Gasteiger partial charge in [-0.1, -0.05) is 51.9 Å². The third-order valence-corrected chi connectivity index (χ3v) is 3.52. The summed E-state index contributed by atoms with van der Waals surface area (Å²) in [4.78, 5) is 11.6. The van der Waals surface area contributed by atoms with E-state index in [0.717, 1.165) is 32.1 Å². The van der Waals surface area contributed by atoms with Crippen LogP contribution >= 0.6 is 0 Å². The first-order valence-corrected chi connectivity index (χ1v) is 7.83. The highest BCUT2D eigenvalue weighted by atomic mass is 19.4. The van der Waals surface area contributed by atoms with E-state index in [1.807, 2.05) is 0 Å². The molecule has 6 heteroatoms. The van der Waals surface area contributed by atoms with Gasteiger partial charge in [0.25, 0.3) is 0 Å². The number of carbonyl (C=O) groups excluding carboxylic acids is 1. The van der Waals surface area contributed by atoms with Crippen molar-refractivity contribution in [2.75, 3.05) is 6.61 Å². The number of ether oxygens (including phenoxy) is 1. The zero-order valence-electron chi connectivity index (χ0n) is 13.0. The lowest BCUT2D eigenvalue weighted by molar-refractivity contribution is -0.176. The maximum Gasteiger partial charge on any atom is 0.404 e. The fraction of sp³-hybridized carbons (Fsp3) is 0.933. The van der Waals surface area contributed by atoms with Crippen LogP contribution in [0.4, 0.5) is 13.2 Å². The number of hydrogen-bond donors (Lipinski definition) is 1. The smallest absolute Gasteiger partial charge is 0.404 e. The molecule has 21 heavy (non-hydrogen) atoms. The van der Waals surface area contributed by atoms with Crippen molar-refractivity contribution in [1.82, 2.24) is 0 Å². The van der Waals surface area contributed by atoms with E-state index in [1.165, 1.54) is 6.42 Å². The predicted octanol–water partition coefficient (Wildman–Crippen LogP) is 4.20. The van der Waals surface area contributed by atoms with E-state index in [9.17, 15) is 18.0 Å². The normalized spacial score (nSPS) is 14.8. The predicted molar refractivity (Wildman–Crippen MR) is 76.8 cm³/mol. The van der Waals surface area contributed by atoms with Crippen LogP contribution in [-0.4, -0.2) is 24.8 Å². The molecular formula is C15H28F3NO2. The molecule has 0 heterocycles. The van der Waals surface area contributed by atoms with Crippen molar-refractivity contribution in [3.8, 4) is 0 Å². The Balaban J connectivity index is 4.21. The molecule has 0 aliphatic carbocycles. The van der Waals surface area contributed by atoms with Gasteiger partial charge in [-0.3, -0.25) is 4.79 Å². The van der Waals surface area contributed by atoms with Crippen LogP contribution in [0, 0.1) is 5.92 Å². The first-order chi connectivity index (χ1) is 9.84. The Morgan fingerprint density at radius 3 is 2.05 bits per heavy atom. The fourth-order valence-corrected chi connectivity index (χ4v) is 2.24. The highest BCUT2D eigenvalue weighted by Gasteiger charge is 2.45. The summed E-state index contributed by atoms with van der Waals surface area (Å²) in [6, 6.07) is -2.14. The number of rotatable bonds is 11. The van der Waals surface area contributed by atoms with Crippen LogP contribution in [0.3, 0.4) is 0 Å². The average molecular weight is 311 g/mol. The van der Waals surface area contributed by atoms with Gasteiger partial charge in [0, 0.05) is 0 Å². The summed E-state index contributed by atoms with van der Waals surface area (Å²) in [5.74, 6) is -2.13. The Morgan fingerprint density at radius 2 is 1.57 bits per heavy atom. The van der Waals surface area contributed by atoms with E-state index < -0.39 is 24.1 Å². The molecule has 0 saturated carbocycles. The van der Waals surface area contributed by atoms with Crippen LogP contribution in [0.15, 0.2) is 0 Å². The Labute approximate surface area is 125 Å². The average Bonchev–Trinajstić information content (AvgIpc) is 2.40. The molecular weight excluding hydrogens is 283 g/mol. The molecule has 0 aliphatic rings. The summed E-state index contributed by atoms with van der Waals surface area (Å²) in [6.07, 6.45) is 2.52. The van der Waals surface area contributed by atoms with Crippen molar-refractivity contribution in [3.05, 3.63) is 0 Å². The SMILES string of the molecule is CCCCCCCCC[C@H](C(=O)OCC)[C@H](N)C(F)(F)F. The van der Waals surface area contributed by atoms with Crippen molar-refractivity contribution in [2.24, 2.45) is 11.7 Å². The van der Waals surface area contributed by atoms with Gasteiger partial charge in [-0.25, -0.2) is 0 Å². The van der Waals surface area contributed by atoms with Crippen molar-refractivity contribution in [1.29, 1.82) is 0 Å². The van der Waals surface area contributed by atoms with Crippen molar-refractivity contribution in [3.63, 3.8) is 0 Å². The van der Waals surface area contributed by atoms with E-state index in [4.69, 9.17) is 10.5 Å². The summed E-state index contributed by atoms with van der Waals surface area (Å²) in [5.41, 5.74) is 5.18. The number of carbonyl (C=O) groups is 1. The van der Waals surface area contributed by atoms with Gasteiger partial charge in [-0.15, -0.1) is 0 Å². The molecule has 0 fully saturated rings. The minimum absolute atomic E-state index is 0.0664. The zero-order valence-corrected chi connectivity index (χ0v) is 13.0. The maximum absolute atomic E-state index is 12.7. The van der Waals surface area contributed by atoms with E-state index in [0.29, 0.717) is 6.42 Å². The zero-order chi connectivity index (χ0) is 16.3. The van der Waals surface area contributed by atoms with Gasteiger partial charge in [-0.2, -0.15) is 13.2 Å².